The van der Waals surface area contributed by atoms with E-state index in [0.29, 0.717) is 13.2 Å². The number of nitrogens with zero attached hydrogens (tertiary/aromatic N) is 4. The lowest BCUT2D eigenvalue weighted by Crippen LogP contribution is -2.16. The Hall–Kier alpha value is -3.00. The topological polar surface area (TPSA) is 54.1 Å². The minimum atomic E-state index is 0.351. The standard InChI is InChI=1S/C17H16N4O/c1-20(10-9-18)16-7-8-17-15(11-16)12-19-21(17)22-13-14-5-3-2-4-6-14/h2-8,11-12H,10,13H2,1H3. The van der Waals surface area contributed by atoms with Gasteiger partial charge in [0.1, 0.15) is 18.7 Å². The summed E-state index contributed by atoms with van der Waals surface area (Å²) >= 11 is 0. The molecule has 3 rings (SSSR count). The van der Waals surface area contributed by atoms with Gasteiger partial charge in [0.25, 0.3) is 0 Å². The molecule has 0 unspecified atom stereocenters. The van der Waals surface area contributed by atoms with Crippen LogP contribution in [0.2, 0.25) is 0 Å². The van der Waals surface area contributed by atoms with Gasteiger partial charge >= 0.3 is 0 Å². The van der Waals surface area contributed by atoms with Crippen molar-refractivity contribution in [2.45, 2.75) is 6.61 Å². The van der Waals surface area contributed by atoms with Crippen LogP contribution < -0.4 is 9.74 Å². The molecular weight excluding hydrogens is 276 g/mol. The minimum Gasteiger partial charge on any atom is -0.391 e. The summed E-state index contributed by atoms with van der Waals surface area (Å²) in [7, 11) is 1.89. The van der Waals surface area contributed by atoms with E-state index in [1.165, 1.54) is 4.85 Å². The van der Waals surface area contributed by atoms with Gasteiger partial charge in [-0.2, -0.15) is 5.26 Å². The highest BCUT2D eigenvalue weighted by atomic mass is 16.7. The van der Waals surface area contributed by atoms with Crippen LogP contribution >= 0.6 is 0 Å². The lowest BCUT2D eigenvalue weighted by Gasteiger charge is -2.15. The second kappa shape index (κ2) is 6.19. The molecule has 0 amide bonds. The van der Waals surface area contributed by atoms with Crippen LogP contribution in [-0.2, 0) is 6.61 Å². The van der Waals surface area contributed by atoms with Crippen LogP contribution in [-0.4, -0.2) is 23.5 Å². The van der Waals surface area contributed by atoms with E-state index in [-0.39, 0.29) is 0 Å². The molecule has 3 aromatic rings. The number of hydrogen-bond acceptors (Lipinski definition) is 4. The fraction of sp³-hybridized carbons (Fsp3) is 0.176. The third-order valence-corrected chi connectivity index (χ3v) is 3.46. The summed E-state index contributed by atoms with van der Waals surface area (Å²) in [6, 6.07) is 18.0. The molecular formula is C17H16N4O. The van der Waals surface area contributed by atoms with Gasteiger partial charge in [-0.05, 0) is 23.8 Å². The van der Waals surface area contributed by atoms with E-state index < -0.39 is 0 Å². The van der Waals surface area contributed by atoms with Gasteiger partial charge in [-0.25, -0.2) is 0 Å². The van der Waals surface area contributed by atoms with Crippen molar-refractivity contribution < 1.29 is 4.84 Å². The van der Waals surface area contributed by atoms with E-state index in [0.717, 1.165) is 22.2 Å². The van der Waals surface area contributed by atoms with Gasteiger partial charge < -0.3 is 9.74 Å². The monoisotopic (exact) mass is 292 g/mol. The maximum atomic E-state index is 8.77. The number of rotatable bonds is 5. The first kappa shape index (κ1) is 14.0. The second-order valence-corrected chi connectivity index (χ2v) is 5.03. The highest BCUT2D eigenvalue weighted by Crippen LogP contribution is 2.21. The van der Waals surface area contributed by atoms with Crippen LogP contribution in [0.1, 0.15) is 5.56 Å². The molecule has 0 aliphatic rings. The van der Waals surface area contributed by atoms with Crippen LogP contribution in [0.25, 0.3) is 10.9 Å². The number of aromatic nitrogens is 2. The molecule has 0 aliphatic carbocycles. The van der Waals surface area contributed by atoms with Gasteiger partial charge in [0.05, 0.1) is 12.3 Å². The molecule has 1 heterocycles. The SMILES string of the molecule is CN(CC#N)c1ccc2c(cnn2OCc2ccccc2)c1. The summed E-state index contributed by atoms with van der Waals surface area (Å²) in [5, 5.41) is 14.0. The second-order valence-electron chi connectivity index (χ2n) is 5.03. The lowest BCUT2D eigenvalue weighted by molar-refractivity contribution is 0.0795. The molecule has 0 atom stereocenters. The Morgan fingerprint density at radius 3 is 2.82 bits per heavy atom. The Labute approximate surface area is 128 Å². The summed E-state index contributed by atoms with van der Waals surface area (Å²) < 4.78 is 0. The van der Waals surface area contributed by atoms with Crippen LogP contribution in [0.5, 0.6) is 0 Å². The van der Waals surface area contributed by atoms with Gasteiger partial charge in [0, 0.05) is 18.1 Å². The van der Waals surface area contributed by atoms with Crippen LogP contribution in [0.3, 0.4) is 0 Å². The lowest BCUT2D eigenvalue weighted by atomic mass is 10.2. The van der Waals surface area contributed by atoms with E-state index in [1.807, 2.05) is 60.5 Å². The van der Waals surface area contributed by atoms with Crippen molar-refractivity contribution in [2.75, 3.05) is 18.5 Å². The Morgan fingerprint density at radius 2 is 2.05 bits per heavy atom. The first-order chi connectivity index (χ1) is 10.8. The van der Waals surface area contributed by atoms with Crippen molar-refractivity contribution in [3.63, 3.8) is 0 Å². The molecule has 1 aromatic heterocycles. The normalized spacial score (nSPS) is 10.4. The number of nitriles is 1. The van der Waals surface area contributed by atoms with Crippen LogP contribution in [0, 0.1) is 11.3 Å². The van der Waals surface area contributed by atoms with Gasteiger partial charge in [-0.15, -0.1) is 5.10 Å². The Morgan fingerprint density at radius 1 is 1.23 bits per heavy atom. The molecule has 0 fully saturated rings. The number of anilines is 1. The molecule has 5 nitrogen and oxygen atoms in total. The molecule has 0 spiro atoms. The maximum Gasteiger partial charge on any atom is 0.142 e. The largest absolute Gasteiger partial charge is 0.391 e. The van der Waals surface area contributed by atoms with Crippen molar-refractivity contribution in [1.82, 2.24) is 9.94 Å². The predicted molar refractivity (Wildman–Crippen MR) is 85.3 cm³/mol. The number of benzene rings is 2. The average molecular weight is 292 g/mol. The summed E-state index contributed by atoms with van der Waals surface area (Å²) in [4.78, 5) is 9.16. The summed E-state index contributed by atoms with van der Waals surface area (Å²) in [6.07, 6.45) is 1.77. The molecule has 5 heteroatoms. The molecule has 0 N–H and O–H groups in total. The van der Waals surface area contributed by atoms with Crippen molar-refractivity contribution >= 4 is 16.6 Å². The third-order valence-electron chi connectivity index (χ3n) is 3.46. The van der Waals surface area contributed by atoms with Gasteiger partial charge in [0.2, 0.25) is 0 Å². The van der Waals surface area contributed by atoms with Gasteiger partial charge in [-0.3, -0.25) is 0 Å². The number of hydrogen-bond donors (Lipinski definition) is 0. The Bertz CT molecular complexity index is 804. The van der Waals surface area contributed by atoms with Crippen molar-refractivity contribution in [3.8, 4) is 6.07 Å². The van der Waals surface area contributed by atoms with Crippen molar-refractivity contribution in [2.24, 2.45) is 0 Å². The van der Waals surface area contributed by atoms with Crippen molar-refractivity contribution in [1.29, 1.82) is 5.26 Å². The molecule has 0 bridgehead atoms. The first-order valence-electron chi connectivity index (χ1n) is 7.01. The molecule has 2 aromatic carbocycles. The summed E-state index contributed by atoms with van der Waals surface area (Å²) in [5.41, 5.74) is 2.98. The summed E-state index contributed by atoms with van der Waals surface area (Å²) in [6.45, 7) is 0.817. The smallest absolute Gasteiger partial charge is 0.142 e. The summed E-state index contributed by atoms with van der Waals surface area (Å²) in [5.74, 6) is 0. The number of fused-ring (bicyclic) bond motifs is 1. The minimum absolute atomic E-state index is 0.351. The third kappa shape index (κ3) is 2.86. The highest BCUT2D eigenvalue weighted by molar-refractivity contribution is 5.82. The molecule has 0 saturated heterocycles. The molecule has 0 radical (unpaired) electrons. The Balaban J connectivity index is 1.79. The predicted octanol–water partition coefficient (Wildman–Crippen LogP) is 2.62. The van der Waals surface area contributed by atoms with Gasteiger partial charge in [-0.1, -0.05) is 35.2 Å². The molecule has 110 valence electrons. The Kier molecular flexibility index (Phi) is 3.92. The maximum absolute atomic E-state index is 8.77. The van der Waals surface area contributed by atoms with E-state index in [1.54, 1.807) is 6.20 Å². The van der Waals surface area contributed by atoms with Gasteiger partial charge in [0.15, 0.2) is 0 Å². The quantitative estimate of drug-likeness (QED) is 0.678. The first-order valence-corrected chi connectivity index (χ1v) is 7.01. The average Bonchev–Trinajstić information content (AvgIpc) is 2.96. The van der Waals surface area contributed by atoms with Crippen LogP contribution in [0.15, 0.2) is 54.7 Å². The fourth-order valence-electron chi connectivity index (χ4n) is 2.24. The highest BCUT2D eigenvalue weighted by Gasteiger charge is 2.07. The molecule has 22 heavy (non-hydrogen) atoms. The zero-order valence-corrected chi connectivity index (χ0v) is 12.3. The van der Waals surface area contributed by atoms with E-state index in [2.05, 4.69) is 11.2 Å². The van der Waals surface area contributed by atoms with Crippen molar-refractivity contribution in [3.05, 3.63) is 60.3 Å². The van der Waals surface area contributed by atoms with E-state index in [9.17, 15) is 0 Å². The zero-order valence-electron chi connectivity index (χ0n) is 12.3. The molecule has 0 saturated carbocycles. The fourth-order valence-corrected chi connectivity index (χ4v) is 2.24. The zero-order chi connectivity index (χ0) is 15.4. The van der Waals surface area contributed by atoms with Crippen LogP contribution in [0.4, 0.5) is 5.69 Å². The van der Waals surface area contributed by atoms with E-state index in [4.69, 9.17) is 10.1 Å². The molecule has 0 aliphatic heterocycles. The van der Waals surface area contributed by atoms with E-state index >= 15 is 0 Å².